The van der Waals surface area contributed by atoms with Gasteiger partial charge in [0.25, 0.3) is 11.5 Å². The molecule has 1 heterocycles. The monoisotopic (exact) mass is 436 g/mol. The summed E-state index contributed by atoms with van der Waals surface area (Å²) in [5.74, 6) is -0.330. The van der Waals surface area contributed by atoms with Crippen LogP contribution >= 0.6 is 0 Å². The van der Waals surface area contributed by atoms with Crippen LogP contribution in [-0.4, -0.2) is 40.5 Å². The highest BCUT2D eigenvalue weighted by molar-refractivity contribution is 5.91. The molecule has 8 nitrogen and oxygen atoms in total. The van der Waals surface area contributed by atoms with Crippen molar-refractivity contribution in [1.29, 1.82) is 0 Å². The number of hydrogen-bond acceptors (Lipinski definition) is 5. The van der Waals surface area contributed by atoms with Gasteiger partial charge in [-0.05, 0) is 41.7 Å². The molecule has 1 amide bonds. The Kier molecular flexibility index (Phi) is 7.37. The van der Waals surface area contributed by atoms with Crippen LogP contribution < -0.4 is 16.6 Å². The van der Waals surface area contributed by atoms with Gasteiger partial charge in [0.15, 0.2) is 0 Å². The molecule has 0 radical (unpaired) electrons. The second kappa shape index (κ2) is 10.2. The highest BCUT2D eigenvalue weighted by Gasteiger charge is 2.20. The largest absolute Gasteiger partial charge is 0.383 e. The van der Waals surface area contributed by atoms with Crippen molar-refractivity contribution >= 4 is 5.91 Å². The van der Waals surface area contributed by atoms with Crippen LogP contribution in [0.4, 0.5) is 0 Å². The van der Waals surface area contributed by atoms with Crippen molar-refractivity contribution in [2.24, 2.45) is 0 Å². The van der Waals surface area contributed by atoms with Crippen molar-refractivity contribution in [3.8, 4) is 5.69 Å². The second-order valence-electron chi connectivity index (χ2n) is 7.86. The summed E-state index contributed by atoms with van der Waals surface area (Å²) in [5, 5.41) is 6.75. The van der Waals surface area contributed by atoms with Crippen LogP contribution in [0.5, 0.6) is 0 Å². The fourth-order valence-corrected chi connectivity index (χ4v) is 3.27. The lowest BCUT2D eigenvalue weighted by Gasteiger charge is -2.14. The molecule has 32 heavy (non-hydrogen) atoms. The van der Waals surface area contributed by atoms with E-state index >= 15 is 0 Å². The van der Waals surface area contributed by atoms with E-state index in [0.717, 1.165) is 25.9 Å². The quantitative estimate of drug-likeness (QED) is 0.547. The Morgan fingerprint density at radius 3 is 2.41 bits per heavy atom. The minimum Gasteiger partial charge on any atom is -0.383 e. The molecule has 0 saturated heterocycles. The van der Waals surface area contributed by atoms with Gasteiger partial charge in [-0.25, -0.2) is 4.79 Å². The highest BCUT2D eigenvalue weighted by Crippen LogP contribution is 2.16. The number of carbonyl (C=O) groups is 1. The number of methoxy groups -OCH3 is 1. The summed E-state index contributed by atoms with van der Waals surface area (Å²) in [5.41, 5.74) is 1.64. The van der Waals surface area contributed by atoms with Gasteiger partial charge in [-0.15, -0.1) is 0 Å². The Morgan fingerprint density at radius 2 is 1.78 bits per heavy atom. The molecule has 0 aliphatic heterocycles. The highest BCUT2D eigenvalue weighted by atomic mass is 16.5. The molecule has 1 aromatic heterocycles. The number of hydrogen-bond donors (Lipinski definition) is 1. The molecule has 1 N–H and O–H groups in total. The molecule has 0 aliphatic rings. The minimum absolute atomic E-state index is 0.0370. The molecule has 0 bridgehead atoms. The maximum absolute atomic E-state index is 13.3. The molecule has 0 atom stereocenters. The number of rotatable bonds is 8. The summed E-state index contributed by atoms with van der Waals surface area (Å²) >= 11 is 0. The third kappa shape index (κ3) is 5.03. The molecule has 0 spiro atoms. The maximum atomic E-state index is 13.3. The fourth-order valence-electron chi connectivity index (χ4n) is 3.27. The van der Waals surface area contributed by atoms with Crippen LogP contribution in [0.15, 0.2) is 58.1 Å². The SMILES string of the molecule is COCCNC(=O)c1nn(-c2ccc(C(C)C)cc2)c(=O)n(Cc2ccccc2C)c1=O. The van der Waals surface area contributed by atoms with Crippen LogP contribution in [0.1, 0.15) is 46.9 Å². The fraction of sp³-hybridized carbons (Fsp3) is 0.333. The zero-order chi connectivity index (χ0) is 23.3. The zero-order valence-electron chi connectivity index (χ0n) is 18.8. The van der Waals surface area contributed by atoms with Gasteiger partial charge in [0.1, 0.15) is 0 Å². The first-order valence-corrected chi connectivity index (χ1v) is 10.5. The summed E-state index contributed by atoms with van der Waals surface area (Å²) in [6.45, 7) is 6.60. The van der Waals surface area contributed by atoms with Crippen molar-refractivity contribution in [1.82, 2.24) is 19.7 Å². The third-order valence-corrected chi connectivity index (χ3v) is 5.26. The van der Waals surface area contributed by atoms with E-state index in [1.54, 1.807) is 12.1 Å². The summed E-state index contributed by atoms with van der Waals surface area (Å²) in [6.07, 6.45) is 0. The Bertz CT molecular complexity index is 1210. The third-order valence-electron chi connectivity index (χ3n) is 5.26. The van der Waals surface area contributed by atoms with Crippen molar-refractivity contribution in [3.05, 3.63) is 91.8 Å². The number of ether oxygens (including phenoxy) is 1. The average molecular weight is 437 g/mol. The summed E-state index contributed by atoms with van der Waals surface area (Å²) in [4.78, 5) is 39.1. The molecule has 168 valence electrons. The predicted molar refractivity (Wildman–Crippen MR) is 123 cm³/mol. The first-order valence-electron chi connectivity index (χ1n) is 10.5. The summed E-state index contributed by atoms with van der Waals surface area (Å²) in [6, 6.07) is 14.8. The molecule has 3 aromatic rings. The van der Waals surface area contributed by atoms with E-state index in [2.05, 4.69) is 24.3 Å². The van der Waals surface area contributed by atoms with Crippen LogP contribution in [-0.2, 0) is 11.3 Å². The van der Waals surface area contributed by atoms with Crippen LogP contribution in [0.2, 0.25) is 0 Å². The van der Waals surface area contributed by atoms with E-state index in [9.17, 15) is 14.4 Å². The van der Waals surface area contributed by atoms with Gasteiger partial charge >= 0.3 is 5.69 Å². The molecular weight excluding hydrogens is 408 g/mol. The molecule has 0 aliphatic carbocycles. The second-order valence-corrected chi connectivity index (χ2v) is 7.86. The van der Waals surface area contributed by atoms with Crippen molar-refractivity contribution in [2.75, 3.05) is 20.3 Å². The van der Waals surface area contributed by atoms with E-state index in [4.69, 9.17) is 4.74 Å². The zero-order valence-corrected chi connectivity index (χ0v) is 18.8. The Morgan fingerprint density at radius 1 is 1.09 bits per heavy atom. The summed E-state index contributed by atoms with van der Waals surface area (Å²) in [7, 11) is 1.51. The molecule has 2 aromatic carbocycles. The standard InChI is InChI=1S/C24H28N4O4/c1-16(2)18-9-11-20(12-10-18)28-24(31)27(15-19-8-6-5-7-17(19)3)23(30)21(26-28)22(29)25-13-14-32-4/h5-12,16H,13-15H2,1-4H3,(H,25,29). The van der Waals surface area contributed by atoms with Crippen LogP contribution in [0.3, 0.4) is 0 Å². The van der Waals surface area contributed by atoms with Gasteiger partial charge in [-0.3, -0.25) is 14.2 Å². The Hall–Kier alpha value is -3.52. The molecule has 3 rings (SSSR count). The topological polar surface area (TPSA) is 95.2 Å². The summed E-state index contributed by atoms with van der Waals surface area (Å²) < 4.78 is 7.10. The Labute approximate surface area is 186 Å². The van der Waals surface area contributed by atoms with E-state index < -0.39 is 17.2 Å². The normalized spacial score (nSPS) is 11.0. The number of benzene rings is 2. The number of aromatic nitrogens is 3. The molecule has 8 heteroatoms. The maximum Gasteiger partial charge on any atom is 0.352 e. The van der Waals surface area contributed by atoms with Crippen molar-refractivity contribution < 1.29 is 9.53 Å². The molecule has 0 unspecified atom stereocenters. The van der Waals surface area contributed by atoms with Gasteiger partial charge < -0.3 is 10.1 Å². The van der Waals surface area contributed by atoms with Crippen molar-refractivity contribution in [2.45, 2.75) is 33.2 Å². The smallest absolute Gasteiger partial charge is 0.352 e. The number of amides is 1. The van der Waals surface area contributed by atoms with E-state index in [-0.39, 0.29) is 18.8 Å². The number of nitrogens with one attached hydrogen (secondary N) is 1. The minimum atomic E-state index is -0.733. The van der Waals surface area contributed by atoms with Gasteiger partial charge in [0, 0.05) is 13.7 Å². The lowest BCUT2D eigenvalue weighted by Crippen LogP contribution is -2.46. The number of carbonyl (C=O) groups excluding carboxylic acids is 1. The van der Waals surface area contributed by atoms with Gasteiger partial charge in [-0.1, -0.05) is 50.2 Å². The van der Waals surface area contributed by atoms with Crippen molar-refractivity contribution in [3.63, 3.8) is 0 Å². The van der Waals surface area contributed by atoms with E-state index in [1.807, 2.05) is 43.3 Å². The predicted octanol–water partition coefficient (Wildman–Crippen LogP) is 2.25. The average Bonchev–Trinajstić information content (AvgIpc) is 2.78. The van der Waals surface area contributed by atoms with Gasteiger partial charge in [0.05, 0.1) is 18.8 Å². The molecular formula is C24H28N4O4. The van der Waals surface area contributed by atoms with E-state index in [0.29, 0.717) is 18.2 Å². The van der Waals surface area contributed by atoms with Crippen LogP contribution in [0, 0.1) is 6.92 Å². The first-order chi connectivity index (χ1) is 15.3. The lowest BCUT2D eigenvalue weighted by atomic mass is 10.0. The van der Waals surface area contributed by atoms with Gasteiger partial charge in [0.2, 0.25) is 5.69 Å². The molecule has 0 saturated carbocycles. The Balaban J connectivity index is 2.14. The van der Waals surface area contributed by atoms with Gasteiger partial charge in [-0.2, -0.15) is 9.78 Å². The molecule has 0 fully saturated rings. The number of aryl methyl sites for hydroxylation is 1. The number of nitrogens with zero attached hydrogens (tertiary/aromatic N) is 3. The van der Waals surface area contributed by atoms with Crippen LogP contribution in [0.25, 0.3) is 5.69 Å². The first kappa shape index (κ1) is 23.1. The van der Waals surface area contributed by atoms with E-state index in [1.165, 1.54) is 7.11 Å². The lowest BCUT2D eigenvalue weighted by molar-refractivity contribution is 0.0927.